The molecular formula is C17H25N3O. The fourth-order valence-electron chi connectivity index (χ4n) is 3.59. The maximum atomic E-state index is 11.1. The average molecular weight is 287 g/mol. The van der Waals surface area contributed by atoms with Gasteiger partial charge in [-0.1, -0.05) is 25.0 Å². The van der Waals surface area contributed by atoms with E-state index in [1.807, 2.05) is 24.3 Å². The van der Waals surface area contributed by atoms with Crippen LogP contribution in [0.25, 0.3) is 0 Å². The summed E-state index contributed by atoms with van der Waals surface area (Å²) in [5.74, 6) is -0.355. The van der Waals surface area contributed by atoms with Gasteiger partial charge in [0.2, 0.25) is 5.91 Å². The molecule has 4 nitrogen and oxygen atoms in total. The van der Waals surface area contributed by atoms with Crippen LogP contribution in [0.3, 0.4) is 0 Å². The predicted molar refractivity (Wildman–Crippen MR) is 84.1 cm³/mol. The second-order valence-corrected chi connectivity index (χ2v) is 6.31. The van der Waals surface area contributed by atoms with E-state index in [2.05, 4.69) is 9.80 Å². The summed E-state index contributed by atoms with van der Waals surface area (Å²) in [6.45, 7) is 5.66. The first-order valence-electron chi connectivity index (χ1n) is 8.07. The summed E-state index contributed by atoms with van der Waals surface area (Å²) in [7, 11) is 0. The Morgan fingerprint density at radius 2 is 1.67 bits per heavy atom. The van der Waals surface area contributed by atoms with Crippen LogP contribution in [-0.4, -0.2) is 47.9 Å². The van der Waals surface area contributed by atoms with Crippen LogP contribution in [0.15, 0.2) is 24.3 Å². The largest absolute Gasteiger partial charge is 0.366 e. The lowest BCUT2D eigenvalue weighted by atomic mass is 10.1. The van der Waals surface area contributed by atoms with Gasteiger partial charge in [0.25, 0.3) is 0 Å². The predicted octanol–water partition coefficient (Wildman–Crippen LogP) is 1.85. The first-order chi connectivity index (χ1) is 10.2. The Morgan fingerprint density at radius 3 is 2.24 bits per heavy atom. The van der Waals surface area contributed by atoms with Crippen LogP contribution in [0.2, 0.25) is 0 Å². The number of nitrogens with two attached hydrogens (primary N) is 1. The van der Waals surface area contributed by atoms with E-state index in [1.54, 1.807) is 0 Å². The molecule has 114 valence electrons. The molecule has 1 aromatic rings. The first-order valence-corrected chi connectivity index (χ1v) is 8.07. The Hall–Kier alpha value is -1.39. The van der Waals surface area contributed by atoms with Crippen LogP contribution >= 0.6 is 0 Å². The summed E-state index contributed by atoms with van der Waals surface area (Å²) in [5, 5.41) is 0. The van der Waals surface area contributed by atoms with Crippen molar-refractivity contribution in [1.82, 2.24) is 9.80 Å². The van der Waals surface area contributed by atoms with Crippen LogP contribution in [-0.2, 0) is 6.54 Å². The van der Waals surface area contributed by atoms with Gasteiger partial charge in [0, 0.05) is 44.3 Å². The summed E-state index contributed by atoms with van der Waals surface area (Å²) in [5.41, 5.74) is 7.11. The highest BCUT2D eigenvalue weighted by Gasteiger charge is 2.25. The third kappa shape index (κ3) is 3.63. The van der Waals surface area contributed by atoms with Gasteiger partial charge in [0.1, 0.15) is 0 Å². The Kier molecular flexibility index (Phi) is 4.56. The van der Waals surface area contributed by atoms with Gasteiger partial charge < -0.3 is 5.73 Å². The monoisotopic (exact) mass is 287 g/mol. The summed E-state index contributed by atoms with van der Waals surface area (Å²) in [6.07, 6.45) is 5.62. The van der Waals surface area contributed by atoms with Crippen molar-refractivity contribution in [3.63, 3.8) is 0 Å². The lowest BCUT2D eigenvalue weighted by Gasteiger charge is -2.38. The van der Waals surface area contributed by atoms with E-state index in [-0.39, 0.29) is 5.91 Å². The van der Waals surface area contributed by atoms with Gasteiger partial charge in [-0.05, 0) is 30.5 Å². The molecule has 1 saturated heterocycles. The molecule has 0 radical (unpaired) electrons. The van der Waals surface area contributed by atoms with E-state index in [4.69, 9.17) is 5.73 Å². The number of hydrogen-bond acceptors (Lipinski definition) is 3. The quantitative estimate of drug-likeness (QED) is 0.919. The molecule has 1 amide bonds. The lowest BCUT2D eigenvalue weighted by Crippen LogP contribution is -2.49. The zero-order valence-corrected chi connectivity index (χ0v) is 12.6. The maximum absolute atomic E-state index is 11.1. The van der Waals surface area contributed by atoms with Crippen molar-refractivity contribution < 1.29 is 4.79 Å². The number of piperazine rings is 1. The van der Waals surface area contributed by atoms with Crippen LogP contribution in [0, 0.1) is 0 Å². The minimum atomic E-state index is -0.355. The van der Waals surface area contributed by atoms with Crippen molar-refractivity contribution in [2.24, 2.45) is 5.73 Å². The minimum absolute atomic E-state index is 0.355. The molecular weight excluding hydrogens is 262 g/mol. The normalized spacial score (nSPS) is 21.7. The number of benzene rings is 1. The van der Waals surface area contributed by atoms with Crippen molar-refractivity contribution in [2.45, 2.75) is 38.3 Å². The number of nitrogens with zero attached hydrogens (tertiary/aromatic N) is 2. The Morgan fingerprint density at radius 1 is 1.05 bits per heavy atom. The number of hydrogen-bond donors (Lipinski definition) is 1. The average Bonchev–Trinajstić information content (AvgIpc) is 3.03. The van der Waals surface area contributed by atoms with Crippen molar-refractivity contribution in [3.8, 4) is 0 Å². The third-order valence-electron chi connectivity index (χ3n) is 4.89. The first kappa shape index (κ1) is 14.5. The van der Waals surface area contributed by atoms with E-state index < -0.39 is 0 Å². The molecule has 2 fully saturated rings. The molecule has 0 bridgehead atoms. The molecule has 3 rings (SSSR count). The molecule has 0 aromatic heterocycles. The van der Waals surface area contributed by atoms with E-state index in [1.165, 1.54) is 44.3 Å². The molecule has 4 heteroatoms. The number of primary amides is 1. The molecule has 21 heavy (non-hydrogen) atoms. The Balaban J connectivity index is 1.49. The van der Waals surface area contributed by atoms with Crippen molar-refractivity contribution >= 4 is 5.91 Å². The fourth-order valence-corrected chi connectivity index (χ4v) is 3.59. The maximum Gasteiger partial charge on any atom is 0.248 e. The van der Waals surface area contributed by atoms with Crippen molar-refractivity contribution in [2.75, 3.05) is 26.2 Å². The number of rotatable bonds is 4. The van der Waals surface area contributed by atoms with Crippen molar-refractivity contribution in [1.29, 1.82) is 0 Å². The van der Waals surface area contributed by atoms with Crippen molar-refractivity contribution in [3.05, 3.63) is 35.4 Å². The summed E-state index contributed by atoms with van der Waals surface area (Å²) < 4.78 is 0. The molecule has 0 unspecified atom stereocenters. The second-order valence-electron chi connectivity index (χ2n) is 6.31. The third-order valence-corrected chi connectivity index (χ3v) is 4.89. The van der Waals surface area contributed by atoms with Crippen LogP contribution in [0.1, 0.15) is 41.6 Å². The number of amides is 1. The van der Waals surface area contributed by atoms with E-state index >= 15 is 0 Å². The highest BCUT2D eigenvalue weighted by atomic mass is 16.1. The topological polar surface area (TPSA) is 49.6 Å². The van der Waals surface area contributed by atoms with Crippen LogP contribution < -0.4 is 5.73 Å². The zero-order valence-electron chi connectivity index (χ0n) is 12.6. The SMILES string of the molecule is NC(=O)c1ccc(CN2CCN(C3CCCC3)CC2)cc1. The van der Waals surface area contributed by atoms with Gasteiger partial charge in [-0.3, -0.25) is 14.6 Å². The number of carbonyl (C=O) groups is 1. The highest BCUT2D eigenvalue weighted by molar-refractivity contribution is 5.92. The second kappa shape index (κ2) is 6.58. The van der Waals surface area contributed by atoms with Crippen LogP contribution in [0.5, 0.6) is 0 Å². The zero-order chi connectivity index (χ0) is 14.7. The van der Waals surface area contributed by atoms with Gasteiger partial charge >= 0.3 is 0 Å². The molecule has 0 spiro atoms. The van der Waals surface area contributed by atoms with E-state index in [0.29, 0.717) is 5.56 Å². The fraction of sp³-hybridized carbons (Fsp3) is 0.588. The van der Waals surface area contributed by atoms with Crippen LogP contribution in [0.4, 0.5) is 0 Å². The molecule has 2 N–H and O–H groups in total. The highest BCUT2D eigenvalue weighted by Crippen LogP contribution is 2.24. The summed E-state index contributed by atoms with van der Waals surface area (Å²) in [4.78, 5) is 16.3. The van der Waals surface area contributed by atoms with E-state index in [9.17, 15) is 4.79 Å². The van der Waals surface area contributed by atoms with Gasteiger partial charge in [0.15, 0.2) is 0 Å². The summed E-state index contributed by atoms with van der Waals surface area (Å²) in [6, 6.07) is 8.54. The summed E-state index contributed by atoms with van der Waals surface area (Å²) >= 11 is 0. The molecule has 1 saturated carbocycles. The van der Waals surface area contributed by atoms with E-state index in [0.717, 1.165) is 25.7 Å². The van der Waals surface area contributed by atoms with Gasteiger partial charge in [-0.15, -0.1) is 0 Å². The molecule has 1 heterocycles. The smallest absolute Gasteiger partial charge is 0.248 e. The Bertz CT molecular complexity index is 471. The minimum Gasteiger partial charge on any atom is -0.366 e. The standard InChI is InChI=1S/C17H25N3O/c18-17(21)15-7-5-14(6-8-15)13-19-9-11-20(12-10-19)16-3-1-2-4-16/h5-8,16H,1-4,9-13H2,(H2,18,21). The Labute approximate surface area is 126 Å². The lowest BCUT2D eigenvalue weighted by molar-refractivity contribution is 0.0937. The molecule has 1 aliphatic heterocycles. The van der Waals surface area contributed by atoms with Gasteiger partial charge in [-0.2, -0.15) is 0 Å². The number of carbonyl (C=O) groups excluding carboxylic acids is 1. The molecule has 1 aromatic carbocycles. The van der Waals surface area contributed by atoms with Gasteiger partial charge in [0.05, 0.1) is 0 Å². The molecule has 1 aliphatic carbocycles. The molecule has 0 atom stereocenters. The molecule has 2 aliphatic rings. The van der Waals surface area contributed by atoms with Gasteiger partial charge in [-0.25, -0.2) is 0 Å².